The van der Waals surface area contributed by atoms with Crippen LogP contribution in [0.25, 0.3) is 0 Å². The van der Waals surface area contributed by atoms with Crippen LogP contribution >= 0.6 is 11.6 Å². The first kappa shape index (κ1) is 17.2. The number of aromatic nitrogens is 2. The Bertz CT molecular complexity index is 931. The first-order valence-corrected chi connectivity index (χ1v) is 8.88. The number of nitrogens with zero attached hydrogens (tertiary/aromatic N) is 2. The Morgan fingerprint density at radius 2 is 2.08 bits per heavy atom. The second-order valence-electron chi connectivity index (χ2n) is 6.84. The molecule has 26 heavy (non-hydrogen) atoms. The molecule has 1 amide bonds. The molecule has 0 spiro atoms. The van der Waals surface area contributed by atoms with Gasteiger partial charge in [0.15, 0.2) is 0 Å². The van der Waals surface area contributed by atoms with Gasteiger partial charge in [-0.1, -0.05) is 23.7 Å². The average Bonchev–Trinajstić information content (AvgIpc) is 3.26. The molecule has 0 aliphatic heterocycles. The molecule has 1 aromatic carbocycles. The molecule has 2 bridgehead atoms. The second-order valence-corrected chi connectivity index (χ2v) is 7.40. The van der Waals surface area contributed by atoms with Gasteiger partial charge in [0.2, 0.25) is 0 Å². The largest absolute Gasteiger partial charge is 0.322 e. The number of hydrogen-bond acceptors (Lipinski definition) is 2. The van der Waals surface area contributed by atoms with Gasteiger partial charge in [-0.3, -0.25) is 9.48 Å². The summed E-state index contributed by atoms with van der Waals surface area (Å²) in [5.41, 5.74) is 3.52. The summed E-state index contributed by atoms with van der Waals surface area (Å²) >= 11 is 6.31. The maximum atomic E-state index is 13.1. The maximum absolute atomic E-state index is 13.1. The van der Waals surface area contributed by atoms with Crippen LogP contribution in [0.5, 0.6) is 0 Å². The van der Waals surface area contributed by atoms with Gasteiger partial charge in [-0.05, 0) is 42.5 Å². The summed E-state index contributed by atoms with van der Waals surface area (Å²) in [5.74, 6) is -0.0930. The minimum atomic E-state index is -2.80. The molecule has 4 nitrogen and oxygen atoms in total. The van der Waals surface area contributed by atoms with Gasteiger partial charge in [0.05, 0.1) is 5.56 Å². The van der Waals surface area contributed by atoms with Crippen LogP contribution in [0.4, 0.5) is 14.5 Å². The highest BCUT2D eigenvalue weighted by molar-refractivity contribution is 6.29. The highest BCUT2D eigenvalue weighted by Gasteiger charge is 2.43. The SMILES string of the molecule is C/C(Cl)=C1\C2CCC1c1c(NC(=O)c3cn(C)nc3C(F)F)cccc12. The summed E-state index contributed by atoms with van der Waals surface area (Å²) in [6.07, 6.45) is 0.550. The molecule has 1 fully saturated rings. The van der Waals surface area contributed by atoms with Crippen molar-refractivity contribution in [2.75, 3.05) is 5.32 Å². The van der Waals surface area contributed by atoms with Crippen LogP contribution in [0.2, 0.25) is 0 Å². The van der Waals surface area contributed by atoms with E-state index in [4.69, 9.17) is 11.6 Å². The zero-order valence-electron chi connectivity index (χ0n) is 14.4. The zero-order valence-corrected chi connectivity index (χ0v) is 15.1. The lowest BCUT2D eigenvalue weighted by Crippen LogP contribution is -2.16. The summed E-state index contributed by atoms with van der Waals surface area (Å²) in [4.78, 5) is 12.6. The Labute approximate surface area is 154 Å². The van der Waals surface area contributed by atoms with Gasteiger partial charge >= 0.3 is 0 Å². The molecule has 0 saturated heterocycles. The van der Waals surface area contributed by atoms with Crippen LogP contribution in [0.3, 0.4) is 0 Å². The molecule has 1 N–H and O–H groups in total. The number of hydrogen-bond donors (Lipinski definition) is 1. The van der Waals surface area contributed by atoms with Crippen molar-refractivity contribution in [3.05, 3.63) is 57.4 Å². The molecule has 2 aliphatic carbocycles. The first-order chi connectivity index (χ1) is 12.4. The van der Waals surface area contributed by atoms with Gasteiger partial charge in [-0.2, -0.15) is 5.10 Å². The van der Waals surface area contributed by atoms with Crippen LogP contribution in [0.1, 0.15) is 65.2 Å². The van der Waals surface area contributed by atoms with Gasteiger partial charge in [-0.25, -0.2) is 8.78 Å². The van der Waals surface area contributed by atoms with Crippen molar-refractivity contribution in [1.29, 1.82) is 0 Å². The number of nitrogens with one attached hydrogen (secondary N) is 1. The minimum absolute atomic E-state index is 0.104. The fraction of sp³-hybridized carbons (Fsp3) is 0.368. The van der Waals surface area contributed by atoms with E-state index >= 15 is 0 Å². The van der Waals surface area contributed by atoms with Crippen LogP contribution in [0.15, 0.2) is 35.0 Å². The Kier molecular flexibility index (Phi) is 4.10. The summed E-state index contributed by atoms with van der Waals surface area (Å²) in [7, 11) is 1.52. The standard InChI is InChI=1S/C19H18ClF2N3O/c1-9(20)15-11-6-7-12(15)16-10(11)4-3-5-14(16)23-19(26)13-8-25(2)24-17(13)18(21)22/h3-5,8,11-12,18H,6-7H2,1-2H3,(H,23,26)/b15-9-. The zero-order chi connectivity index (χ0) is 18.6. The lowest BCUT2D eigenvalue weighted by atomic mass is 9.90. The quantitative estimate of drug-likeness (QED) is 0.809. The topological polar surface area (TPSA) is 46.9 Å². The number of carbonyl (C=O) groups is 1. The van der Waals surface area contributed by atoms with Crippen molar-refractivity contribution < 1.29 is 13.6 Å². The predicted molar refractivity (Wildman–Crippen MR) is 95.8 cm³/mol. The monoisotopic (exact) mass is 377 g/mol. The van der Waals surface area contributed by atoms with Gasteiger partial charge in [0.1, 0.15) is 5.69 Å². The summed E-state index contributed by atoms with van der Waals surface area (Å²) in [5, 5.41) is 7.32. The molecule has 2 atom stereocenters. The van der Waals surface area contributed by atoms with Gasteiger partial charge in [0.25, 0.3) is 12.3 Å². The van der Waals surface area contributed by atoms with E-state index < -0.39 is 18.0 Å². The number of aryl methyl sites for hydroxylation is 1. The van der Waals surface area contributed by atoms with E-state index in [0.29, 0.717) is 11.6 Å². The lowest BCUT2D eigenvalue weighted by molar-refractivity contribution is 0.101. The number of anilines is 1. The van der Waals surface area contributed by atoms with E-state index in [2.05, 4.69) is 16.5 Å². The van der Waals surface area contributed by atoms with Crippen molar-refractivity contribution >= 4 is 23.2 Å². The van der Waals surface area contributed by atoms with E-state index in [1.54, 1.807) is 0 Å². The number of allylic oxidation sites excluding steroid dienone is 2. The third-order valence-corrected chi connectivity index (χ3v) is 5.53. The number of amides is 1. The molecule has 1 saturated carbocycles. The van der Waals surface area contributed by atoms with Crippen LogP contribution in [-0.2, 0) is 7.05 Å². The highest BCUT2D eigenvalue weighted by Crippen LogP contribution is 2.60. The molecule has 1 aromatic heterocycles. The molecule has 2 unspecified atom stereocenters. The molecule has 2 aliphatic rings. The summed E-state index contributed by atoms with van der Waals surface area (Å²) < 4.78 is 27.5. The first-order valence-electron chi connectivity index (χ1n) is 8.50. The fourth-order valence-electron chi connectivity index (χ4n) is 4.41. The van der Waals surface area contributed by atoms with Gasteiger partial charge in [-0.15, -0.1) is 0 Å². The molecule has 136 valence electrons. The summed E-state index contributed by atoms with van der Waals surface area (Å²) in [6.45, 7) is 1.90. The number of carbonyl (C=O) groups excluding carboxylic acids is 1. The van der Waals surface area contributed by atoms with E-state index in [-0.39, 0.29) is 11.5 Å². The smallest absolute Gasteiger partial charge is 0.282 e. The van der Waals surface area contributed by atoms with Gasteiger partial charge in [0, 0.05) is 35.8 Å². The van der Waals surface area contributed by atoms with Crippen molar-refractivity contribution in [3.63, 3.8) is 0 Å². The van der Waals surface area contributed by atoms with Crippen molar-refractivity contribution in [2.24, 2.45) is 7.05 Å². The van der Waals surface area contributed by atoms with Crippen LogP contribution in [-0.4, -0.2) is 15.7 Å². The number of rotatable bonds is 3. The van der Waals surface area contributed by atoms with Crippen molar-refractivity contribution in [3.8, 4) is 0 Å². The second kappa shape index (κ2) is 6.20. The molecular weight excluding hydrogens is 360 g/mol. The molecule has 4 rings (SSSR count). The Morgan fingerprint density at radius 3 is 2.77 bits per heavy atom. The van der Waals surface area contributed by atoms with Crippen molar-refractivity contribution in [2.45, 2.75) is 38.0 Å². The fourth-order valence-corrected chi connectivity index (χ4v) is 4.67. The van der Waals surface area contributed by atoms with E-state index in [1.807, 2.05) is 19.1 Å². The molecule has 1 heterocycles. The Balaban J connectivity index is 1.71. The minimum Gasteiger partial charge on any atom is -0.322 e. The van der Waals surface area contributed by atoms with E-state index in [9.17, 15) is 13.6 Å². The van der Waals surface area contributed by atoms with Gasteiger partial charge < -0.3 is 5.32 Å². The number of benzene rings is 1. The highest BCUT2D eigenvalue weighted by atomic mass is 35.5. The third-order valence-electron chi connectivity index (χ3n) is 5.31. The lowest BCUT2D eigenvalue weighted by Gasteiger charge is -2.18. The number of halogens is 3. The number of alkyl halides is 2. The maximum Gasteiger partial charge on any atom is 0.282 e. The number of fused-ring (bicyclic) bond motifs is 5. The molecule has 2 aromatic rings. The molecule has 7 heteroatoms. The summed E-state index contributed by atoms with van der Waals surface area (Å²) in [6, 6.07) is 5.76. The van der Waals surface area contributed by atoms with E-state index in [0.717, 1.165) is 23.4 Å². The average molecular weight is 378 g/mol. The van der Waals surface area contributed by atoms with E-state index in [1.165, 1.54) is 29.1 Å². The normalized spacial score (nSPS) is 22.7. The molecule has 0 radical (unpaired) electrons. The molecular formula is C19H18ClF2N3O. The predicted octanol–water partition coefficient (Wildman–Crippen LogP) is 5.10. The van der Waals surface area contributed by atoms with Crippen molar-refractivity contribution in [1.82, 2.24) is 9.78 Å². The Hall–Kier alpha value is -2.21. The third kappa shape index (κ3) is 2.55. The van der Waals surface area contributed by atoms with Crippen LogP contribution < -0.4 is 5.32 Å². The van der Waals surface area contributed by atoms with Crippen LogP contribution in [0, 0.1) is 0 Å². The Morgan fingerprint density at radius 1 is 1.35 bits per heavy atom.